The molecular weight excluding hydrogens is 440 g/mol. The standard InChI is InChI=1S/C21H21ClN4O4S/c1-25-18-10-15(22)20(11-19(18)30-21(25)27)31(28,29)24-13-7-8-17-16(9-13)23-12-26(17)14-5-3-2-4-6-14/h7-12,14,24H,2-6H2,1H3. The van der Waals surface area contributed by atoms with Crippen LogP contribution in [0, 0.1) is 0 Å². The predicted molar refractivity (Wildman–Crippen MR) is 119 cm³/mol. The topological polar surface area (TPSA) is 99.1 Å². The summed E-state index contributed by atoms with van der Waals surface area (Å²) in [6, 6.07) is 8.42. The number of hydrogen-bond donors (Lipinski definition) is 1. The summed E-state index contributed by atoms with van der Waals surface area (Å²) in [5.41, 5.74) is 2.66. The number of imidazole rings is 1. The van der Waals surface area contributed by atoms with Crippen molar-refractivity contribution in [3.63, 3.8) is 0 Å². The highest BCUT2D eigenvalue weighted by Crippen LogP contribution is 2.32. The molecule has 0 atom stereocenters. The molecule has 8 nitrogen and oxygen atoms in total. The molecule has 1 aliphatic rings. The molecule has 0 amide bonds. The highest BCUT2D eigenvalue weighted by Gasteiger charge is 2.22. The number of anilines is 1. The molecule has 2 aromatic carbocycles. The van der Waals surface area contributed by atoms with Gasteiger partial charge in [0.15, 0.2) is 5.58 Å². The lowest BCUT2D eigenvalue weighted by Gasteiger charge is -2.23. The van der Waals surface area contributed by atoms with Crippen molar-refractivity contribution in [1.29, 1.82) is 0 Å². The molecule has 1 aliphatic carbocycles. The summed E-state index contributed by atoms with van der Waals surface area (Å²) in [7, 11) is -2.48. The second kappa shape index (κ2) is 7.42. The Morgan fingerprint density at radius 3 is 2.68 bits per heavy atom. The zero-order valence-electron chi connectivity index (χ0n) is 16.8. The fraction of sp³-hybridized carbons (Fsp3) is 0.333. The first-order chi connectivity index (χ1) is 14.8. The molecule has 2 heterocycles. The van der Waals surface area contributed by atoms with Crippen molar-refractivity contribution in [3.05, 3.63) is 52.2 Å². The van der Waals surface area contributed by atoms with Gasteiger partial charge in [-0.3, -0.25) is 9.29 Å². The van der Waals surface area contributed by atoms with Crippen LogP contribution in [0.5, 0.6) is 0 Å². The average Bonchev–Trinajstić information content (AvgIpc) is 3.28. The number of benzene rings is 2. The van der Waals surface area contributed by atoms with E-state index in [2.05, 4.69) is 14.3 Å². The van der Waals surface area contributed by atoms with E-state index in [4.69, 9.17) is 16.0 Å². The maximum atomic E-state index is 13.0. The number of sulfonamides is 1. The van der Waals surface area contributed by atoms with Crippen molar-refractivity contribution in [2.24, 2.45) is 7.05 Å². The lowest BCUT2D eigenvalue weighted by molar-refractivity contribution is 0.359. The van der Waals surface area contributed by atoms with E-state index < -0.39 is 15.8 Å². The van der Waals surface area contributed by atoms with Crippen molar-refractivity contribution in [3.8, 4) is 0 Å². The lowest BCUT2D eigenvalue weighted by atomic mass is 9.95. The zero-order chi connectivity index (χ0) is 21.8. The summed E-state index contributed by atoms with van der Waals surface area (Å²) < 4.78 is 37.1. The molecular formula is C21H21ClN4O4S. The van der Waals surface area contributed by atoms with E-state index >= 15 is 0 Å². The molecule has 162 valence electrons. The van der Waals surface area contributed by atoms with Crippen LogP contribution in [-0.2, 0) is 17.1 Å². The third-order valence-electron chi connectivity index (χ3n) is 5.93. The second-order valence-corrected chi connectivity index (χ2v) is 9.99. The van der Waals surface area contributed by atoms with Crippen molar-refractivity contribution >= 4 is 49.4 Å². The minimum atomic E-state index is -4.01. The van der Waals surface area contributed by atoms with Gasteiger partial charge in [-0.25, -0.2) is 18.2 Å². The first-order valence-electron chi connectivity index (χ1n) is 10.1. The van der Waals surface area contributed by atoms with Crippen LogP contribution in [0.4, 0.5) is 5.69 Å². The average molecular weight is 461 g/mol. The van der Waals surface area contributed by atoms with Crippen LogP contribution in [0.15, 0.2) is 50.8 Å². The van der Waals surface area contributed by atoms with Gasteiger partial charge in [-0.05, 0) is 37.1 Å². The van der Waals surface area contributed by atoms with E-state index in [1.807, 2.05) is 12.4 Å². The van der Waals surface area contributed by atoms with Crippen molar-refractivity contribution in [2.45, 2.75) is 43.0 Å². The Labute approximate surface area is 183 Å². The van der Waals surface area contributed by atoms with E-state index in [1.165, 1.54) is 43.0 Å². The number of oxazole rings is 1. The maximum Gasteiger partial charge on any atom is 0.419 e. The highest BCUT2D eigenvalue weighted by atomic mass is 35.5. The van der Waals surface area contributed by atoms with E-state index in [0.717, 1.165) is 23.9 Å². The summed E-state index contributed by atoms with van der Waals surface area (Å²) in [4.78, 5) is 16.0. The molecule has 1 saturated carbocycles. The van der Waals surface area contributed by atoms with E-state index in [9.17, 15) is 13.2 Å². The molecule has 0 aliphatic heterocycles. The molecule has 0 saturated heterocycles. The largest absolute Gasteiger partial charge is 0.419 e. The SMILES string of the molecule is Cn1c(=O)oc2cc(S(=O)(=O)Nc3ccc4c(c3)ncn4C3CCCCC3)c(Cl)cc21. The van der Waals surface area contributed by atoms with Crippen molar-refractivity contribution < 1.29 is 12.8 Å². The summed E-state index contributed by atoms with van der Waals surface area (Å²) in [6.07, 6.45) is 7.81. The number of fused-ring (bicyclic) bond motifs is 2. The third-order valence-corrected chi connectivity index (χ3v) is 7.78. The summed E-state index contributed by atoms with van der Waals surface area (Å²) >= 11 is 6.23. The van der Waals surface area contributed by atoms with Crippen LogP contribution in [0.1, 0.15) is 38.1 Å². The zero-order valence-corrected chi connectivity index (χ0v) is 18.4. The second-order valence-electron chi connectivity index (χ2n) is 7.93. The van der Waals surface area contributed by atoms with E-state index in [1.54, 1.807) is 12.1 Å². The summed E-state index contributed by atoms with van der Waals surface area (Å²) in [6.45, 7) is 0. The normalized spacial score (nSPS) is 15.7. The Morgan fingerprint density at radius 1 is 1.13 bits per heavy atom. The van der Waals surface area contributed by atoms with Crippen LogP contribution < -0.4 is 10.5 Å². The van der Waals surface area contributed by atoms with E-state index in [-0.39, 0.29) is 15.5 Å². The molecule has 2 aromatic heterocycles. The first kappa shape index (κ1) is 20.1. The van der Waals surface area contributed by atoms with Gasteiger partial charge in [0.25, 0.3) is 10.0 Å². The number of nitrogens with one attached hydrogen (secondary N) is 1. The van der Waals surface area contributed by atoms with Gasteiger partial charge in [0, 0.05) is 19.2 Å². The number of rotatable bonds is 4. The van der Waals surface area contributed by atoms with Gasteiger partial charge in [-0.2, -0.15) is 0 Å². The minimum Gasteiger partial charge on any atom is -0.408 e. The molecule has 5 rings (SSSR count). The molecule has 1 N–H and O–H groups in total. The Morgan fingerprint density at radius 2 is 1.90 bits per heavy atom. The van der Waals surface area contributed by atoms with Gasteiger partial charge in [-0.15, -0.1) is 0 Å². The fourth-order valence-corrected chi connectivity index (χ4v) is 5.88. The number of hydrogen-bond acceptors (Lipinski definition) is 5. The van der Waals surface area contributed by atoms with Gasteiger partial charge in [-0.1, -0.05) is 30.9 Å². The van der Waals surface area contributed by atoms with Gasteiger partial charge in [0.2, 0.25) is 0 Å². The third kappa shape index (κ3) is 3.51. The smallest absolute Gasteiger partial charge is 0.408 e. The number of aryl methyl sites for hydroxylation is 1. The van der Waals surface area contributed by atoms with Gasteiger partial charge >= 0.3 is 5.76 Å². The van der Waals surface area contributed by atoms with Crippen LogP contribution in [-0.4, -0.2) is 22.5 Å². The van der Waals surface area contributed by atoms with E-state index in [0.29, 0.717) is 17.2 Å². The maximum absolute atomic E-state index is 13.0. The van der Waals surface area contributed by atoms with Crippen LogP contribution in [0.3, 0.4) is 0 Å². The quantitative estimate of drug-likeness (QED) is 0.485. The van der Waals surface area contributed by atoms with Crippen molar-refractivity contribution in [1.82, 2.24) is 14.1 Å². The molecule has 10 heteroatoms. The van der Waals surface area contributed by atoms with Crippen molar-refractivity contribution in [2.75, 3.05) is 4.72 Å². The molecule has 0 spiro atoms. The number of halogens is 1. The monoisotopic (exact) mass is 460 g/mol. The molecule has 0 radical (unpaired) electrons. The number of aromatic nitrogens is 3. The Bertz CT molecular complexity index is 1460. The minimum absolute atomic E-state index is 0.000875. The Hall–Kier alpha value is -2.78. The first-order valence-corrected chi connectivity index (χ1v) is 12.0. The molecule has 0 unspecified atom stereocenters. The summed E-state index contributed by atoms with van der Waals surface area (Å²) in [5.74, 6) is -0.590. The van der Waals surface area contributed by atoms with Crippen LogP contribution in [0.25, 0.3) is 22.1 Å². The molecule has 31 heavy (non-hydrogen) atoms. The molecule has 0 bridgehead atoms. The molecule has 4 aromatic rings. The van der Waals surface area contributed by atoms with Gasteiger partial charge in [0.1, 0.15) is 4.90 Å². The van der Waals surface area contributed by atoms with Crippen LogP contribution in [0.2, 0.25) is 5.02 Å². The Balaban J connectivity index is 1.48. The predicted octanol–water partition coefficient (Wildman–Crippen LogP) is 4.44. The fourth-order valence-electron chi connectivity index (χ4n) is 4.29. The molecule has 1 fully saturated rings. The van der Waals surface area contributed by atoms with Gasteiger partial charge in [0.05, 0.1) is 33.6 Å². The van der Waals surface area contributed by atoms with Gasteiger partial charge < -0.3 is 8.98 Å². The summed E-state index contributed by atoms with van der Waals surface area (Å²) in [5, 5.41) is -0.000875. The Kier molecular flexibility index (Phi) is 4.82. The highest BCUT2D eigenvalue weighted by molar-refractivity contribution is 7.92. The van der Waals surface area contributed by atoms with Crippen LogP contribution >= 0.6 is 11.6 Å². The number of nitrogens with zero attached hydrogens (tertiary/aromatic N) is 3. The lowest BCUT2D eigenvalue weighted by Crippen LogP contribution is -2.14.